The van der Waals surface area contributed by atoms with E-state index >= 15 is 0 Å². The second-order valence-corrected chi connectivity index (χ2v) is 4.80. The number of amides is 1. The van der Waals surface area contributed by atoms with E-state index in [2.05, 4.69) is 15.5 Å². The van der Waals surface area contributed by atoms with Crippen LogP contribution in [0.3, 0.4) is 0 Å². The zero-order valence-electron chi connectivity index (χ0n) is 11.1. The van der Waals surface area contributed by atoms with E-state index in [9.17, 15) is 9.59 Å². The van der Waals surface area contributed by atoms with Gasteiger partial charge in [0.1, 0.15) is 6.04 Å². The predicted octanol–water partition coefficient (Wildman–Crippen LogP) is 1.26. The van der Waals surface area contributed by atoms with Gasteiger partial charge in [0.15, 0.2) is 0 Å². The van der Waals surface area contributed by atoms with Gasteiger partial charge >= 0.3 is 5.97 Å². The van der Waals surface area contributed by atoms with Gasteiger partial charge in [-0.1, -0.05) is 13.8 Å². The third-order valence-corrected chi connectivity index (χ3v) is 2.67. The fraction of sp³-hybridized carbons (Fsp3) is 0.583. The standard InChI is InChI=1S/C12H19N3O3/c1-6(2)5-9(12(17)18)13-11(16)10-7(3)14-15-8(10)4/h6,9H,5H2,1-4H3,(H,13,16)(H,14,15)(H,17,18)/t9-/m0/s1. The predicted molar refractivity (Wildman–Crippen MR) is 66.4 cm³/mol. The van der Waals surface area contributed by atoms with Crippen molar-refractivity contribution in [2.45, 2.75) is 40.2 Å². The van der Waals surface area contributed by atoms with Crippen LogP contribution in [0.15, 0.2) is 0 Å². The van der Waals surface area contributed by atoms with Crippen molar-refractivity contribution in [3.8, 4) is 0 Å². The van der Waals surface area contributed by atoms with Crippen molar-refractivity contribution in [2.24, 2.45) is 5.92 Å². The Morgan fingerprint density at radius 3 is 2.39 bits per heavy atom. The number of aryl methyl sites for hydroxylation is 2. The van der Waals surface area contributed by atoms with Gasteiger partial charge in [-0.2, -0.15) is 5.10 Å². The Labute approximate surface area is 106 Å². The van der Waals surface area contributed by atoms with E-state index in [4.69, 9.17) is 5.11 Å². The molecule has 0 saturated heterocycles. The molecule has 0 bridgehead atoms. The molecule has 0 aliphatic carbocycles. The first-order valence-electron chi connectivity index (χ1n) is 5.88. The number of aromatic amines is 1. The van der Waals surface area contributed by atoms with Crippen LogP contribution in [0.5, 0.6) is 0 Å². The highest BCUT2D eigenvalue weighted by Gasteiger charge is 2.24. The first-order chi connectivity index (χ1) is 8.32. The van der Waals surface area contributed by atoms with Crippen LogP contribution in [-0.2, 0) is 4.79 Å². The first kappa shape index (κ1) is 14.2. The van der Waals surface area contributed by atoms with Gasteiger partial charge in [-0.15, -0.1) is 0 Å². The fourth-order valence-corrected chi connectivity index (χ4v) is 1.81. The molecule has 6 heteroatoms. The molecule has 3 N–H and O–H groups in total. The summed E-state index contributed by atoms with van der Waals surface area (Å²) in [5, 5.41) is 18.2. The maximum Gasteiger partial charge on any atom is 0.326 e. The molecule has 0 aliphatic rings. The molecular weight excluding hydrogens is 234 g/mol. The number of hydrogen-bond acceptors (Lipinski definition) is 3. The third kappa shape index (κ3) is 3.32. The molecule has 0 unspecified atom stereocenters. The van der Waals surface area contributed by atoms with Crippen LogP contribution in [0.4, 0.5) is 0 Å². The van der Waals surface area contributed by atoms with Gasteiger partial charge in [-0.05, 0) is 26.2 Å². The molecule has 1 amide bonds. The fourth-order valence-electron chi connectivity index (χ4n) is 1.81. The molecule has 0 spiro atoms. The average molecular weight is 253 g/mol. The number of carbonyl (C=O) groups is 2. The van der Waals surface area contributed by atoms with E-state index in [1.807, 2.05) is 13.8 Å². The Morgan fingerprint density at radius 1 is 1.39 bits per heavy atom. The highest BCUT2D eigenvalue weighted by Crippen LogP contribution is 2.11. The number of nitrogens with one attached hydrogen (secondary N) is 2. The highest BCUT2D eigenvalue weighted by atomic mass is 16.4. The minimum absolute atomic E-state index is 0.193. The van der Waals surface area contributed by atoms with Crippen molar-refractivity contribution in [3.63, 3.8) is 0 Å². The number of hydrogen-bond donors (Lipinski definition) is 3. The highest BCUT2D eigenvalue weighted by molar-refractivity contribution is 5.98. The van der Waals surface area contributed by atoms with Crippen molar-refractivity contribution >= 4 is 11.9 Å². The van der Waals surface area contributed by atoms with E-state index in [-0.39, 0.29) is 5.92 Å². The summed E-state index contributed by atoms with van der Waals surface area (Å²) in [5.74, 6) is -1.22. The molecule has 0 fully saturated rings. The number of aromatic nitrogens is 2. The van der Waals surface area contributed by atoms with Crippen molar-refractivity contribution < 1.29 is 14.7 Å². The van der Waals surface area contributed by atoms with Gasteiger partial charge in [0.05, 0.1) is 11.3 Å². The summed E-state index contributed by atoms with van der Waals surface area (Å²) in [4.78, 5) is 23.1. The molecule has 100 valence electrons. The molecular formula is C12H19N3O3. The number of carboxylic acids is 1. The zero-order valence-corrected chi connectivity index (χ0v) is 11.1. The molecule has 0 radical (unpaired) electrons. The number of aliphatic carboxylic acids is 1. The number of rotatable bonds is 5. The topological polar surface area (TPSA) is 95.1 Å². The Kier molecular flexibility index (Phi) is 4.47. The number of carbonyl (C=O) groups excluding carboxylic acids is 1. The number of H-pyrrole nitrogens is 1. The van der Waals surface area contributed by atoms with E-state index in [1.54, 1.807) is 13.8 Å². The molecule has 0 saturated carbocycles. The van der Waals surface area contributed by atoms with Crippen LogP contribution in [0.25, 0.3) is 0 Å². The monoisotopic (exact) mass is 253 g/mol. The van der Waals surface area contributed by atoms with Crippen LogP contribution in [-0.4, -0.2) is 33.2 Å². The summed E-state index contributed by atoms with van der Waals surface area (Å²) < 4.78 is 0. The van der Waals surface area contributed by atoms with E-state index in [0.717, 1.165) is 0 Å². The minimum Gasteiger partial charge on any atom is -0.480 e. The Hall–Kier alpha value is -1.85. The molecule has 1 rings (SSSR count). The first-order valence-corrected chi connectivity index (χ1v) is 5.88. The van der Waals surface area contributed by atoms with Crippen LogP contribution in [0.2, 0.25) is 0 Å². The van der Waals surface area contributed by atoms with Gasteiger partial charge in [-0.3, -0.25) is 9.89 Å². The molecule has 1 heterocycles. The molecule has 6 nitrogen and oxygen atoms in total. The van der Waals surface area contributed by atoms with Crippen molar-refractivity contribution in [3.05, 3.63) is 17.0 Å². The Balaban J connectivity index is 2.82. The largest absolute Gasteiger partial charge is 0.480 e. The summed E-state index contributed by atoms with van der Waals surface area (Å²) >= 11 is 0. The van der Waals surface area contributed by atoms with Gasteiger partial charge in [0.2, 0.25) is 0 Å². The van der Waals surface area contributed by atoms with Gasteiger partial charge < -0.3 is 10.4 Å². The lowest BCUT2D eigenvalue weighted by Crippen LogP contribution is -2.41. The quantitative estimate of drug-likeness (QED) is 0.736. The Morgan fingerprint density at radius 2 is 2.00 bits per heavy atom. The number of nitrogens with zero attached hydrogens (tertiary/aromatic N) is 1. The van der Waals surface area contributed by atoms with Gasteiger partial charge in [-0.25, -0.2) is 4.79 Å². The summed E-state index contributed by atoms with van der Waals surface area (Å²) in [7, 11) is 0. The van der Waals surface area contributed by atoms with Crippen LogP contribution in [0, 0.1) is 19.8 Å². The molecule has 1 aromatic rings. The van der Waals surface area contributed by atoms with Crippen molar-refractivity contribution in [1.82, 2.24) is 15.5 Å². The summed E-state index contributed by atoms with van der Waals surface area (Å²) in [5.41, 5.74) is 1.63. The molecule has 0 aromatic carbocycles. The van der Waals surface area contributed by atoms with Crippen LogP contribution < -0.4 is 5.32 Å². The van der Waals surface area contributed by atoms with Crippen molar-refractivity contribution in [1.29, 1.82) is 0 Å². The van der Waals surface area contributed by atoms with Gasteiger partial charge in [0.25, 0.3) is 5.91 Å². The number of carboxylic acid groups (broad SMARTS) is 1. The summed E-state index contributed by atoms with van der Waals surface area (Å²) in [6.45, 7) is 7.26. The molecule has 1 aromatic heterocycles. The third-order valence-electron chi connectivity index (χ3n) is 2.67. The zero-order chi connectivity index (χ0) is 13.9. The average Bonchev–Trinajstić information content (AvgIpc) is 2.56. The smallest absolute Gasteiger partial charge is 0.326 e. The summed E-state index contributed by atoms with van der Waals surface area (Å²) in [6.07, 6.45) is 0.400. The maximum absolute atomic E-state index is 12.0. The second kappa shape index (κ2) is 5.66. The van der Waals surface area contributed by atoms with Crippen LogP contribution >= 0.6 is 0 Å². The maximum atomic E-state index is 12.0. The molecule has 18 heavy (non-hydrogen) atoms. The SMILES string of the molecule is Cc1n[nH]c(C)c1C(=O)N[C@@H](CC(C)C)C(=O)O. The normalized spacial score (nSPS) is 12.5. The van der Waals surface area contributed by atoms with Gasteiger partial charge in [0, 0.05) is 5.69 Å². The lowest BCUT2D eigenvalue weighted by Gasteiger charge is -2.16. The lowest BCUT2D eigenvalue weighted by molar-refractivity contribution is -0.139. The summed E-state index contributed by atoms with van der Waals surface area (Å²) in [6, 6.07) is -0.869. The second-order valence-electron chi connectivity index (χ2n) is 4.80. The van der Waals surface area contributed by atoms with E-state index in [0.29, 0.717) is 23.4 Å². The van der Waals surface area contributed by atoms with Crippen molar-refractivity contribution in [2.75, 3.05) is 0 Å². The lowest BCUT2D eigenvalue weighted by atomic mass is 10.0. The Bertz CT molecular complexity index is 432. The molecule has 1 atom stereocenters. The minimum atomic E-state index is -1.02. The van der Waals surface area contributed by atoms with E-state index in [1.165, 1.54) is 0 Å². The van der Waals surface area contributed by atoms with E-state index < -0.39 is 17.9 Å². The van der Waals surface area contributed by atoms with Crippen LogP contribution in [0.1, 0.15) is 42.0 Å². The molecule has 0 aliphatic heterocycles.